The maximum Gasteiger partial charge on any atom is 0.253 e. The summed E-state index contributed by atoms with van der Waals surface area (Å²) in [6.45, 7) is 3.24. The van der Waals surface area contributed by atoms with Gasteiger partial charge in [-0.1, -0.05) is 30.3 Å². The molecule has 1 amide bonds. The number of hydrogen-bond donors (Lipinski definition) is 0. The molecule has 0 bridgehead atoms. The molecule has 1 aliphatic heterocycles. The Labute approximate surface area is 141 Å². The standard InChI is InChI=1S/C20H19N3O/c24-20(18-6-5-16-3-1-2-4-17(16)15-18)23-13-11-22(12-14-23)19-7-9-21-10-8-19/h1-10,15H,11-14H2/p+1. The molecule has 2 heterocycles. The number of H-pyrrole nitrogens is 1. The number of amides is 1. The van der Waals surface area contributed by atoms with Gasteiger partial charge in [0.25, 0.3) is 5.91 Å². The lowest BCUT2D eigenvalue weighted by atomic mass is 10.1. The van der Waals surface area contributed by atoms with Gasteiger partial charge in [0.05, 0.1) is 0 Å². The zero-order chi connectivity index (χ0) is 16.4. The van der Waals surface area contributed by atoms with E-state index < -0.39 is 0 Å². The summed E-state index contributed by atoms with van der Waals surface area (Å²) in [4.78, 5) is 20.1. The Bertz CT molecular complexity index is 855. The Balaban J connectivity index is 1.47. The van der Waals surface area contributed by atoms with E-state index in [0.29, 0.717) is 0 Å². The van der Waals surface area contributed by atoms with Gasteiger partial charge in [-0.05, 0) is 22.9 Å². The Morgan fingerprint density at radius 2 is 1.54 bits per heavy atom. The monoisotopic (exact) mass is 318 g/mol. The summed E-state index contributed by atoms with van der Waals surface area (Å²) in [6.07, 6.45) is 3.86. The molecule has 4 rings (SSSR count). The molecule has 0 spiro atoms. The van der Waals surface area contributed by atoms with Crippen LogP contribution in [0.2, 0.25) is 0 Å². The van der Waals surface area contributed by atoms with Gasteiger partial charge >= 0.3 is 0 Å². The van der Waals surface area contributed by atoms with Crippen molar-refractivity contribution in [3.63, 3.8) is 0 Å². The van der Waals surface area contributed by atoms with Crippen molar-refractivity contribution in [2.24, 2.45) is 0 Å². The normalized spacial score (nSPS) is 14.8. The molecule has 1 aromatic heterocycles. The number of nitrogens with zero attached hydrogens (tertiary/aromatic N) is 2. The molecule has 1 fully saturated rings. The smallest absolute Gasteiger partial charge is 0.253 e. The van der Waals surface area contributed by atoms with Gasteiger partial charge in [-0.2, -0.15) is 0 Å². The maximum absolute atomic E-state index is 12.8. The molecule has 4 heteroatoms. The zero-order valence-corrected chi connectivity index (χ0v) is 13.5. The lowest BCUT2D eigenvalue weighted by Gasteiger charge is -2.35. The van der Waals surface area contributed by atoms with Crippen molar-refractivity contribution in [3.8, 4) is 0 Å². The van der Waals surface area contributed by atoms with Crippen LogP contribution in [0.3, 0.4) is 0 Å². The van der Waals surface area contributed by atoms with E-state index in [2.05, 4.69) is 34.1 Å². The number of carbonyl (C=O) groups is 1. The first kappa shape index (κ1) is 14.7. The van der Waals surface area contributed by atoms with Crippen LogP contribution < -0.4 is 9.88 Å². The van der Waals surface area contributed by atoms with Crippen LogP contribution in [0, 0.1) is 0 Å². The van der Waals surface area contributed by atoms with Crippen LogP contribution in [0.5, 0.6) is 0 Å². The number of fused-ring (bicyclic) bond motifs is 1. The fourth-order valence-electron chi connectivity index (χ4n) is 3.26. The molecule has 0 unspecified atom stereocenters. The second-order valence-electron chi connectivity index (χ2n) is 6.10. The van der Waals surface area contributed by atoms with Gasteiger partial charge in [-0.25, -0.2) is 4.98 Å². The molecule has 2 aromatic carbocycles. The third-order valence-corrected chi connectivity index (χ3v) is 4.63. The van der Waals surface area contributed by atoms with E-state index in [1.165, 1.54) is 11.1 Å². The number of piperazine rings is 1. The molecule has 4 nitrogen and oxygen atoms in total. The first-order valence-corrected chi connectivity index (χ1v) is 8.30. The molecule has 0 radical (unpaired) electrons. The fraction of sp³-hybridized carbons (Fsp3) is 0.200. The summed E-state index contributed by atoms with van der Waals surface area (Å²) >= 11 is 0. The van der Waals surface area contributed by atoms with Crippen LogP contribution >= 0.6 is 0 Å². The first-order valence-electron chi connectivity index (χ1n) is 8.30. The van der Waals surface area contributed by atoms with Crippen molar-refractivity contribution >= 4 is 22.4 Å². The van der Waals surface area contributed by atoms with Gasteiger partial charge in [-0.15, -0.1) is 0 Å². The van der Waals surface area contributed by atoms with Crippen LogP contribution in [0.4, 0.5) is 5.69 Å². The third kappa shape index (κ3) is 2.83. The summed E-state index contributed by atoms with van der Waals surface area (Å²) in [5.41, 5.74) is 1.98. The van der Waals surface area contributed by atoms with E-state index in [1.54, 1.807) is 0 Å². The predicted molar refractivity (Wildman–Crippen MR) is 95.1 cm³/mol. The van der Waals surface area contributed by atoms with E-state index in [-0.39, 0.29) is 5.91 Å². The molecule has 3 aromatic rings. The lowest BCUT2D eigenvalue weighted by molar-refractivity contribution is -0.377. The predicted octanol–water partition coefficient (Wildman–Crippen LogP) is 2.62. The van der Waals surface area contributed by atoms with Crippen molar-refractivity contribution in [3.05, 3.63) is 72.6 Å². The molecule has 1 saturated heterocycles. The number of carbonyl (C=O) groups excluding carboxylic acids is 1. The first-order chi connectivity index (χ1) is 11.8. The topological polar surface area (TPSA) is 37.7 Å². The number of nitrogens with one attached hydrogen (secondary N) is 1. The van der Waals surface area contributed by atoms with Crippen LogP contribution in [-0.2, 0) is 0 Å². The van der Waals surface area contributed by atoms with Gasteiger partial charge in [0, 0.05) is 49.6 Å². The quantitative estimate of drug-likeness (QED) is 0.728. The number of pyridine rings is 1. The van der Waals surface area contributed by atoms with Crippen LogP contribution in [0.25, 0.3) is 10.8 Å². The minimum atomic E-state index is 0.127. The third-order valence-electron chi connectivity index (χ3n) is 4.63. The summed E-state index contributed by atoms with van der Waals surface area (Å²) < 4.78 is 0. The number of aromatic nitrogens is 1. The SMILES string of the molecule is O=C(c1ccc2ccccc2c1)N1CCN(c2cc[nH+]cc2)CC1. The molecule has 1 aliphatic rings. The van der Waals surface area contributed by atoms with Gasteiger partial charge in [0.1, 0.15) is 0 Å². The van der Waals surface area contributed by atoms with E-state index in [9.17, 15) is 4.79 Å². The van der Waals surface area contributed by atoms with E-state index in [0.717, 1.165) is 37.1 Å². The summed E-state index contributed by atoms with van der Waals surface area (Å²) in [5.74, 6) is 0.127. The zero-order valence-electron chi connectivity index (χ0n) is 13.5. The molecule has 120 valence electrons. The average molecular weight is 318 g/mol. The van der Waals surface area contributed by atoms with Gasteiger partial charge in [0.15, 0.2) is 12.4 Å². The Hall–Kier alpha value is -2.88. The highest BCUT2D eigenvalue weighted by Crippen LogP contribution is 2.19. The summed E-state index contributed by atoms with van der Waals surface area (Å²) in [5, 5.41) is 2.28. The highest BCUT2D eigenvalue weighted by molar-refractivity contribution is 5.98. The van der Waals surface area contributed by atoms with Crippen molar-refractivity contribution < 1.29 is 9.78 Å². The number of hydrogen-bond acceptors (Lipinski definition) is 2. The van der Waals surface area contributed by atoms with Crippen LogP contribution in [0.1, 0.15) is 10.4 Å². The number of rotatable bonds is 2. The Kier molecular flexibility index (Phi) is 3.87. The number of benzene rings is 2. The molecular weight excluding hydrogens is 298 g/mol. The van der Waals surface area contributed by atoms with Crippen LogP contribution in [-0.4, -0.2) is 37.0 Å². The Morgan fingerprint density at radius 3 is 2.29 bits per heavy atom. The maximum atomic E-state index is 12.8. The highest BCUT2D eigenvalue weighted by atomic mass is 16.2. The van der Waals surface area contributed by atoms with E-state index in [4.69, 9.17) is 0 Å². The van der Waals surface area contributed by atoms with E-state index >= 15 is 0 Å². The largest absolute Gasteiger partial charge is 0.368 e. The number of anilines is 1. The van der Waals surface area contributed by atoms with Crippen molar-refractivity contribution in [2.45, 2.75) is 0 Å². The van der Waals surface area contributed by atoms with Crippen molar-refractivity contribution in [1.29, 1.82) is 0 Å². The molecule has 0 saturated carbocycles. The molecule has 1 N–H and O–H groups in total. The van der Waals surface area contributed by atoms with Crippen molar-refractivity contribution in [2.75, 3.05) is 31.1 Å². The average Bonchev–Trinajstić information content (AvgIpc) is 2.68. The second kappa shape index (κ2) is 6.32. The molecule has 0 aliphatic carbocycles. The Morgan fingerprint density at radius 1 is 0.833 bits per heavy atom. The lowest BCUT2D eigenvalue weighted by Crippen LogP contribution is -2.48. The summed E-state index contributed by atoms with van der Waals surface area (Å²) in [6, 6.07) is 18.2. The number of aromatic amines is 1. The fourth-order valence-corrected chi connectivity index (χ4v) is 3.26. The molecule has 24 heavy (non-hydrogen) atoms. The van der Waals surface area contributed by atoms with E-state index in [1.807, 2.05) is 47.6 Å². The molecular formula is C20H20N3O+. The second-order valence-corrected chi connectivity index (χ2v) is 6.10. The van der Waals surface area contributed by atoms with Crippen molar-refractivity contribution in [1.82, 2.24) is 4.90 Å². The minimum absolute atomic E-state index is 0.127. The summed E-state index contributed by atoms with van der Waals surface area (Å²) in [7, 11) is 0. The highest BCUT2D eigenvalue weighted by Gasteiger charge is 2.22. The minimum Gasteiger partial charge on any atom is -0.368 e. The van der Waals surface area contributed by atoms with Gasteiger partial charge in [-0.3, -0.25) is 4.79 Å². The van der Waals surface area contributed by atoms with Crippen LogP contribution in [0.15, 0.2) is 67.0 Å². The van der Waals surface area contributed by atoms with Gasteiger partial charge < -0.3 is 9.80 Å². The van der Waals surface area contributed by atoms with Gasteiger partial charge in [0.2, 0.25) is 0 Å². The molecule has 0 atom stereocenters.